The number of carbonyl (C=O) groups is 1. The van der Waals surface area contributed by atoms with Gasteiger partial charge in [0.1, 0.15) is 0 Å². The second-order valence-corrected chi connectivity index (χ2v) is 4.84. The monoisotopic (exact) mass is 238 g/mol. The minimum absolute atomic E-state index is 0.356. The minimum atomic E-state index is -0.922. The van der Waals surface area contributed by atoms with Gasteiger partial charge in [-0.05, 0) is 19.8 Å². The summed E-state index contributed by atoms with van der Waals surface area (Å²) >= 11 is 0. The molecule has 3 nitrogen and oxygen atoms in total. The molecule has 0 bridgehead atoms. The van der Waals surface area contributed by atoms with Crippen LogP contribution in [0.5, 0.6) is 0 Å². The molecule has 0 saturated heterocycles. The van der Waals surface area contributed by atoms with Crippen LogP contribution in [-0.2, 0) is 9.53 Å². The first-order valence-electron chi connectivity index (χ1n) is 6.19. The van der Waals surface area contributed by atoms with Gasteiger partial charge in [0.25, 0.3) is 0 Å². The molecule has 1 aliphatic carbocycles. The summed E-state index contributed by atoms with van der Waals surface area (Å²) < 4.78 is 4.85. The van der Waals surface area contributed by atoms with Crippen molar-refractivity contribution in [2.45, 2.75) is 45.1 Å². The standard InChI is InChI=1S/C14H22O3/c1-4-14(16)10-7-6-9-13(14,3)11-8-12(15)17-5-2/h4,8,11,16H,1,5-7,9-10H2,2-3H3/b11-8+. The summed E-state index contributed by atoms with van der Waals surface area (Å²) in [5.74, 6) is -0.356. The molecule has 0 aliphatic heterocycles. The van der Waals surface area contributed by atoms with Gasteiger partial charge in [0, 0.05) is 11.5 Å². The number of ether oxygens (including phenoxy) is 1. The van der Waals surface area contributed by atoms with E-state index >= 15 is 0 Å². The van der Waals surface area contributed by atoms with Crippen LogP contribution in [0.15, 0.2) is 24.8 Å². The number of esters is 1. The van der Waals surface area contributed by atoms with Crippen LogP contribution in [0.25, 0.3) is 0 Å². The maximum Gasteiger partial charge on any atom is 0.330 e. The Morgan fingerprint density at radius 3 is 2.71 bits per heavy atom. The molecule has 1 fully saturated rings. The van der Waals surface area contributed by atoms with Gasteiger partial charge in [0.2, 0.25) is 0 Å². The summed E-state index contributed by atoms with van der Waals surface area (Å²) in [6.45, 7) is 7.82. The Bertz CT molecular complexity index is 321. The van der Waals surface area contributed by atoms with Gasteiger partial charge in [-0.25, -0.2) is 4.79 Å². The predicted molar refractivity (Wildman–Crippen MR) is 67.5 cm³/mol. The molecule has 1 aliphatic rings. The quantitative estimate of drug-likeness (QED) is 0.465. The summed E-state index contributed by atoms with van der Waals surface area (Å²) in [4.78, 5) is 11.3. The third kappa shape index (κ3) is 2.97. The zero-order valence-electron chi connectivity index (χ0n) is 10.7. The Hall–Kier alpha value is -1.09. The van der Waals surface area contributed by atoms with Crippen LogP contribution in [-0.4, -0.2) is 23.3 Å². The lowest BCUT2D eigenvalue weighted by Crippen LogP contribution is -2.46. The van der Waals surface area contributed by atoms with E-state index in [1.54, 1.807) is 19.1 Å². The minimum Gasteiger partial charge on any atom is -0.463 e. The third-order valence-electron chi connectivity index (χ3n) is 3.70. The van der Waals surface area contributed by atoms with Crippen molar-refractivity contribution >= 4 is 5.97 Å². The van der Waals surface area contributed by atoms with E-state index in [2.05, 4.69) is 6.58 Å². The summed E-state index contributed by atoms with van der Waals surface area (Å²) in [7, 11) is 0. The Morgan fingerprint density at radius 2 is 2.12 bits per heavy atom. The van der Waals surface area contributed by atoms with E-state index in [-0.39, 0.29) is 5.97 Å². The topological polar surface area (TPSA) is 46.5 Å². The highest BCUT2D eigenvalue weighted by molar-refractivity contribution is 5.82. The number of hydrogen-bond acceptors (Lipinski definition) is 3. The summed E-state index contributed by atoms with van der Waals surface area (Å²) in [6, 6.07) is 0. The van der Waals surface area contributed by atoms with Crippen molar-refractivity contribution in [3.8, 4) is 0 Å². The smallest absolute Gasteiger partial charge is 0.330 e. The first-order chi connectivity index (χ1) is 7.97. The fourth-order valence-corrected chi connectivity index (χ4v) is 2.39. The molecule has 0 aromatic rings. The first-order valence-corrected chi connectivity index (χ1v) is 6.19. The second-order valence-electron chi connectivity index (χ2n) is 4.84. The fourth-order valence-electron chi connectivity index (χ4n) is 2.39. The molecule has 2 atom stereocenters. The van der Waals surface area contributed by atoms with E-state index in [1.165, 1.54) is 6.08 Å². The van der Waals surface area contributed by atoms with E-state index in [4.69, 9.17) is 4.74 Å². The molecule has 0 aromatic heterocycles. The number of rotatable bonds is 4. The van der Waals surface area contributed by atoms with Crippen LogP contribution in [0.3, 0.4) is 0 Å². The van der Waals surface area contributed by atoms with Crippen LogP contribution in [0, 0.1) is 5.41 Å². The average molecular weight is 238 g/mol. The van der Waals surface area contributed by atoms with E-state index in [0.29, 0.717) is 13.0 Å². The van der Waals surface area contributed by atoms with Crippen molar-refractivity contribution in [2.24, 2.45) is 5.41 Å². The molecule has 17 heavy (non-hydrogen) atoms. The molecule has 1 N–H and O–H groups in total. The van der Waals surface area contributed by atoms with Crippen molar-refractivity contribution < 1.29 is 14.6 Å². The van der Waals surface area contributed by atoms with Crippen molar-refractivity contribution in [2.75, 3.05) is 6.61 Å². The molecule has 0 heterocycles. The molecule has 2 unspecified atom stereocenters. The molecular formula is C14H22O3. The van der Waals surface area contributed by atoms with Gasteiger partial charge < -0.3 is 9.84 Å². The van der Waals surface area contributed by atoms with Crippen molar-refractivity contribution in [3.05, 3.63) is 24.8 Å². The molecule has 3 heteroatoms. The van der Waals surface area contributed by atoms with Gasteiger partial charge >= 0.3 is 5.97 Å². The van der Waals surface area contributed by atoms with Crippen LogP contribution in [0.1, 0.15) is 39.5 Å². The van der Waals surface area contributed by atoms with Crippen molar-refractivity contribution in [3.63, 3.8) is 0 Å². The van der Waals surface area contributed by atoms with Gasteiger partial charge in [0.15, 0.2) is 0 Å². The summed E-state index contributed by atoms with van der Waals surface area (Å²) in [6.07, 6.45) is 8.38. The zero-order chi connectivity index (χ0) is 12.9. The normalized spacial score (nSPS) is 33.6. The summed E-state index contributed by atoms with van der Waals surface area (Å²) in [5, 5.41) is 10.5. The van der Waals surface area contributed by atoms with Crippen LogP contribution >= 0.6 is 0 Å². The molecule has 0 spiro atoms. The molecule has 1 saturated carbocycles. The molecule has 1 rings (SSSR count). The lowest BCUT2D eigenvalue weighted by atomic mass is 9.64. The maximum atomic E-state index is 11.3. The SMILES string of the molecule is C=CC1(O)CCCCC1(C)/C=C/C(=O)OCC. The Labute approximate surface area is 103 Å². The van der Waals surface area contributed by atoms with Crippen LogP contribution in [0.2, 0.25) is 0 Å². The maximum absolute atomic E-state index is 11.3. The lowest BCUT2D eigenvalue weighted by molar-refractivity contribution is -0.137. The summed E-state index contributed by atoms with van der Waals surface area (Å²) in [5.41, 5.74) is -1.35. The van der Waals surface area contributed by atoms with Gasteiger partial charge in [-0.1, -0.05) is 31.9 Å². The van der Waals surface area contributed by atoms with Crippen molar-refractivity contribution in [1.29, 1.82) is 0 Å². The van der Waals surface area contributed by atoms with E-state index in [1.807, 2.05) is 6.92 Å². The van der Waals surface area contributed by atoms with Gasteiger partial charge in [-0.3, -0.25) is 0 Å². The highest BCUT2D eigenvalue weighted by Crippen LogP contribution is 2.45. The molecule has 0 amide bonds. The van der Waals surface area contributed by atoms with E-state index in [0.717, 1.165) is 19.3 Å². The van der Waals surface area contributed by atoms with Gasteiger partial charge in [-0.2, -0.15) is 0 Å². The van der Waals surface area contributed by atoms with Gasteiger partial charge in [0.05, 0.1) is 12.2 Å². The average Bonchev–Trinajstić information content (AvgIpc) is 2.31. The third-order valence-corrected chi connectivity index (χ3v) is 3.70. The zero-order valence-corrected chi connectivity index (χ0v) is 10.7. The fraction of sp³-hybridized carbons (Fsp3) is 0.643. The van der Waals surface area contributed by atoms with E-state index < -0.39 is 11.0 Å². The van der Waals surface area contributed by atoms with Crippen molar-refractivity contribution in [1.82, 2.24) is 0 Å². The van der Waals surface area contributed by atoms with Crippen LogP contribution < -0.4 is 0 Å². The predicted octanol–water partition coefficient (Wildman–Crippen LogP) is 2.60. The highest BCUT2D eigenvalue weighted by atomic mass is 16.5. The highest BCUT2D eigenvalue weighted by Gasteiger charge is 2.44. The number of hydrogen-bond donors (Lipinski definition) is 1. The number of carbonyl (C=O) groups excluding carboxylic acids is 1. The van der Waals surface area contributed by atoms with Gasteiger partial charge in [-0.15, -0.1) is 6.58 Å². The molecule has 96 valence electrons. The number of aliphatic hydroxyl groups is 1. The second kappa shape index (κ2) is 5.50. The molecule has 0 radical (unpaired) electrons. The Kier molecular flexibility index (Phi) is 4.52. The largest absolute Gasteiger partial charge is 0.463 e. The molecule has 0 aromatic carbocycles. The Balaban J connectivity index is 2.83. The molecular weight excluding hydrogens is 216 g/mol. The first kappa shape index (κ1) is 14.0. The Morgan fingerprint density at radius 1 is 1.47 bits per heavy atom. The van der Waals surface area contributed by atoms with E-state index in [9.17, 15) is 9.90 Å². The lowest BCUT2D eigenvalue weighted by Gasteiger charge is -2.45. The van der Waals surface area contributed by atoms with Crippen LogP contribution in [0.4, 0.5) is 0 Å².